The van der Waals surface area contributed by atoms with Gasteiger partial charge in [-0.15, -0.1) is 0 Å². The Labute approximate surface area is 138 Å². The summed E-state index contributed by atoms with van der Waals surface area (Å²) in [6.45, 7) is -0.216. The van der Waals surface area contributed by atoms with Crippen LogP contribution in [0.4, 0.5) is 5.69 Å². The first-order chi connectivity index (χ1) is 10.6. The lowest BCUT2D eigenvalue weighted by Crippen LogP contribution is -2.23. The van der Waals surface area contributed by atoms with Crippen molar-refractivity contribution in [2.24, 2.45) is 17.8 Å². The van der Waals surface area contributed by atoms with Gasteiger partial charge in [0.1, 0.15) is 0 Å². The van der Waals surface area contributed by atoms with Gasteiger partial charge in [-0.25, -0.2) is 0 Å². The predicted octanol–water partition coefficient (Wildman–Crippen LogP) is 3.76. The van der Waals surface area contributed by atoms with Crippen molar-refractivity contribution in [1.82, 2.24) is 0 Å². The van der Waals surface area contributed by atoms with E-state index in [1.165, 1.54) is 19.3 Å². The third-order valence-corrected chi connectivity index (χ3v) is 5.28. The number of halogens is 1. The molecule has 118 valence electrons. The lowest BCUT2D eigenvalue weighted by atomic mass is 9.86. The summed E-state index contributed by atoms with van der Waals surface area (Å²) in [5, 5.41) is 2.71. The summed E-state index contributed by atoms with van der Waals surface area (Å²) in [4.78, 5) is 23.7. The highest BCUT2D eigenvalue weighted by Crippen LogP contribution is 2.49. The topological polar surface area (TPSA) is 55.4 Å². The van der Waals surface area contributed by atoms with Gasteiger partial charge in [0.25, 0.3) is 5.91 Å². The van der Waals surface area contributed by atoms with Crippen LogP contribution in [0.25, 0.3) is 0 Å². The summed E-state index contributed by atoms with van der Waals surface area (Å²) in [6, 6.07) is 7.31. The van der Waals surface area contributed by atoms with Crippen molar-refractivity contribution in [3.8, 4) is 0 Å². The Hall–Kier alpha value is -1.36. The summed E-state index contributed by atoms with van der Waals surface area (Å²) < 4.78 is 6.00. The summed E-state index contributed by atoms with van der Waals surface area (Å²) in [5.74, 6) is 1.44. The van der Waals surface area contributed by atoms with Crippen molar-refractivity contribution in [3.63, 3.8) is 0 Å². The van der Waals surface area contributed by atoms with Gasteiger partial charge in [0, 0.05) is 16.6 Å². The fourth-order valence-corrected chi connectivity index (χ4v) is 4.21. The number of carbonyl (C=O) groups is 2. The number of hydrogen-bond acceptors (Lipinski definition) is 3. The first-order valence-electron chi connectivity index (χ1n) is 7.81. The van der Waals surface area contributed by atoms with Crippen molar-refractivity contribution in [1.29, 1.82) is 0 Å². The van der Waals surface area contributed by atoms with Crippen LogP contribution in [-0.4, -0.2) is 18.5 Å². The first-order valence-corrected chi connectivity index (χ1v) is 8.60. The molecule has 0 radical (unpaired) electrons. The van der Waals surface area contributed by atoms with E-state index in [-0.39, 0.29) is 18.5 Å². The summed E-state index contributed by atoms with van der Waals surface area (Å²) in [6.07, 6.45) is 5.48. The molecule has 0 aromatic heterocycles. The number of amides is 1. The van der Waals surface area contributed by atoms with Crippen LogP contribution in [0.15, 0.2) is 28.7 Å². The largest absolute Gasteiger partial charge is 0.456 e. The average molecular weight is 366 g/mol. The Balaban J connectivity index is 1.40. The van der Waals surface area contributed by atoms with Gasteiger partial charge >= 0.3 is 5.97 Å². The number of ether oxygens (including phenoxy) is 1. The molecule has 0 unspecified atom stereocenters. The van der Waals surface area contributed by atoms with Gasteiger partial charge in [-0.05, 0) is 55.2 Å². The quantitative estimate of drug-likeness (QED) is 0.808. The molecule has 22 heavy (non-hydrogen) atoms. The van der Waals surface area contributed by atoms with Gasteiger partial charge in [0.05, 0.1) is 0 Å². The summed E-state index contributed by atoms with van der Waals surface area (Å²) in [7, 11) is 0. The standard InChI is InChI=1S/C17H20BrNO3/c18-14-2-1-3-15(9-14)19-16(20)10-22-17(21)8-13-7-11-4-5-12(13)6-11/h1-3,9,11-13H,4-8,10H2,(H,19,20)/t11-,12+,13+/m0/s1. The third kappa shape index (κ3) is 3.88. The summed E-state index contributed by atoms with van der Waals surface area (Å²) >= 11 is 3.34. The highest BCUT2D eigenvalue weighted by Gasteiger charge is 2.40. The highest BCUT2D eigenvalue weighted by molar-refractivity contribution is 9.10. The molecule has 3 rings (SSSR count). The Bertz CT molecular complexity index is 575. The molecule has 2 bridgehead atoms. The highest BCUT2D eigenvalue weighted by atomic mass is 79.9. The zero-order valence-corrected chi connectivity index (χ0v) is 14.0. The lowest BCUT2D eigenvalue weighted by molar-refractivity contribution is -0.148. The zero-order chi connectivity index (χ0) is 15.5. The molecular formula is C17H20BrNO3. The molecule has 1 amide bonds. The molecule has 2 aliphatic rings. The van der Waals surface area contributed by atoms with E-state index in [4.69, 9.17) is 4.74 Å². The number of anilines is 1. The van der Waals surface area contributed by atoms with E-state index in [1.54, 1.807) is 12.1 Å². The molecular weight excluding hydrogens is 346 g/mol. The molecule has 4 nitrogen and oxygen atoms in total. The van der Waals surface area contributed by atoms with Gasteiger partial charge in [-0.2, -0.15) is 0 Å². The van der Waals surface area contributed by atoms with Gasteiger partial charge in [-0.3, -0.25) is 9.59 Å². The second kappa shape index (κ2) is 6.82. The second-order valence-electron chi connectivity index (χ2n) is 6.36. The monoisotopic (exact) mass is 365 g/mol. The molecule has 5 heteroatoms. The van der Waals surface area contributed by atoms with Crippen LogP contribution in [0.1, 0.15) is 32.1 Å². The minimum atomic E-state index is -0.306. The maximum absolute atomic E-state index is 11.9. The molecule has 2 fully saturated rings. The number of carbonyl (C=O) groups excluding carboxylic acids is 2. The molecule has 0 aliphatic heterocycles. The van der Waals surface area contributed by atoms with Crippen LogP contribution in [0.3, 0.4) is 0 Å². The van der Waals surface area contributed by atoms with Crippen molar-refractivity contribution in [2.75, 3.05) is 11.9 Å². The van der Waals surface area contributed by atoms with Gasteiger partial charge in [0.15, 0.2) is 6.61 Å². The molecule has 0 heterocycles. The maximum atomic E-state index is 11.9. The molecule has 1 aromatic carbocycles. The zero-order valence-electron chi connectivity index (χ0n) is 12.4. The number of esters is 1. The van der Waals surface area contributed by atoms with E-state index >= 15 is 0 Å². The van der Waals surface area contributed by atoms with Crippen molar-refractivity contribution in [3.05, 3.63) is 28.7 Å². The Morgan fingerprint density at radius 1 is 1.27 bits per heavy atom. The van der Waals surface area contributed by atoms with Gasteiger partial charge in [-0.1, -0.05) is 28.4 Å². The fraction of sp³-hybridized carbons (Fsp3) is 0.529. The van der Waals surface area contributed by atoms with E-state index in [0.717, 1.165) is 16.8 Å². The predicted molar refractivity (Wildman–Crippen MR) is 87.3 cm³/mol. The number of fused-ring (bicyclic) bond motifs is 2. The Morgan fingerprint density at radius 2 is 2.14 bits per heavy atom. The number of rotatable bonds is 5. The maximum Gasteiger partial charge on any atom is 0.306 e. The number of hydrogen-bond donors (Lipinski definition) is 1. The molecule has 3 atom stereocenters. The van der Waals surface area contributed by atoms with E-state index < -0.39 is 0 Å². The van der Waals surface area contributed by atoms with E-state index in [9.17, 15) is 9.59 Å². The Kier molecular flexibility index (Phi) is 4.81. The smallest absolute Gasteiger partial charge is 0.306 e. The van der Waals surface area contributed by atoms with Crippen LogP contribution in [-0.2, 0) is 14.3 Å². The van der Waals surface area contributed by atoms with Crippen LogP contribution >= 0.6 is 15.9 Å². The van der Waals surface area contributed by atoms with Gasteiger partial charge in [0.2, 0.25) is 0 Å². The van der Waals surface area contributed by atoms with Crippen LogP contribution < -0.4 is 5.32 Å². The average Bonchev–Trinajstić information content (AvgIpc) is 3.08. The molecule has 1 N–H and O–H groups in total. The van der Waals surface area contributed by atoms with Crippen molar-refractivity contribution < 1.29 is 14.3 Å². The lowest BCUT2D eigenvalue weighted by Gasteiger charge is -2.20. The fourth-order valence-electron chi connectivity index (χ4n) is 3.81. The summed E-state index contributed by atoms with van der Waals surface area (Å²) in [5.41, 5.74) is 0.684. The molecule has 2 saturated carbocycles. The Morgan fingerprint density at radius 3 is 2.82 bits per heavy atom. The molecule has 0 saturated heterocycles. The number of benzene rings is 1. The van der Waals surface area contributed by atoms with E-state index in [2.05, 4.69) is 21.2 Å². The van der Waals surface area contributed by atoms with Crippen LogP contribution in [0.5, 0.6) is 0 Å². The second-order valence-corrected chi connectivity index (χ2v) is 7.27. The number of nitrogens with one attached hydrogen (secondary N) is 1. The van der Waals surface area contributed by atoms with E-state index in [1.807, 2.05) is 12.1 Å². The van der Waals surface area contributed by atoms with Crippen LogP contribution in [0, 0.1) is 17.8 Å². The molecule has 0 spiro atoms. The van der Waals surface area contributed by atoms with E-state index in [0.29, 0.717) is 23.9 Å². The third-order valence-electron chi connectivity index (χ3n) is 4.79. The van der Waals surface area contributed by atoms with Crippen molar-refractivity contribution >= 4 is 33.5 Å². The normalized spacial score (nSPS) is 26.0. The molecule has 2 aliphatic carbocycles. The van der Waals surface area contributed by atoms with Crippen molar-refractivity contribution in [2.45, 2.75) is 32.1 Å². The van der Waals surface area contributed by atoms with Gasteiger partial charge < -0.3 is 10.1 Å². The van der Waals surface area contributed by atoms with Crippen LogP contribution in [0.2, 0.25) is 0 Å². The SMILES string of the molecule is O=C(COC(=O)C[C@H]1C[C@H]2CC[C@@H]1C2)Nc1cccc(Br)c1. The first kappa shape index (κ1) is 15.5. The minimum absolute atomic E-state index is 0.216. The minimum Gasteiger partial charge on any atom is -0.456 e. The molecule has 1 aromatic rings.